The second-order valence-electron chi connectivity index (χ2n) is 8.16. The van der Waals surface area contributed by atoms with E-state index in [0.29, 0.717) is 0 Å². The number of rotatable bonds is 4. The van der Waals surface area contributed by atoms with Crippen molar-refractivity contribution in [1.29, 1.82) is 0 Å². The van der Waals surface area contributed by atoms with E-state index < -0.39 is 0 Å². The van der Waals surface area contributed by atoms with Crippen LogP contribution >= 0.6 is 27.3 Å². The second kappa shape index (κ2) is 9.92. The van der Waals surface area contributed by atoms with Crippen LogP contribution in [0.1, 0.15) is 63.2 Å². The molecule has 0 radical (unpaired) electrons. The average molecular weight is 495 g/mol. The summed E-state index contributed by atoms with van der Waals surface area (Å²) in [5, 5.41) is 3.95. The quantitative estimate of drug-likeness (QED) is 0.369. The Morgan fingerprint density at radius 3 is 2.48 bits per heavy atom. The van der Waals surface area contributed by atoms with Crippen molar-refractivity contribution >= 4 is 50.1 Å². The number of nitrogens with zero attached hydrogens (tertiary/aromatic N) is 1. The average Bonchev–Trinajstić information content (AvgIpc) is 3.07. The zero-order valence-corrected chi connectivity index (χ0v) is 20.4. The van der Waals surface area contributed by atoms with Gasteiger partial charge < -0.3 is 5.32 Å². The van der Waals surface area contributed by atoms with Gasteiger partial charge in [0.2, 0.25) is 0 Å². The van der Waals surface area contributed by atoms with Crippen LogP contribution in [0, 0.1) is 13.8 Å². The summed E-state index contributed by atoms with van der Waals surface area (Å²) in [6.07, 6.45) is 8.65. The lowest BCUT2D eigenvalue weighted by Crippen LogP contribution is -2.14. The van der Waals surface area contributed by atoms with Crippen molar-refractivity contribution < 1.29 is 4.79 Å². The van der Waals surface area contributed by atoms with Gasteiger partial charge in [0.25, 0.3) is 5.91 Å². The van der Waals surface area contributed by atoms with Gasteiger partial charge in [-0.3, -0.25) is 4.79 Å². The summed E-state index contributed by atoms with van der Waals surface area (Å²) >= 11 is 5.15. The number of thiophene rings is 1. The number of benzene rings is 2. The Kier molecular flexibility index (Phi) is 7.03. The Hall–Kier alpha value is -2.24. The maximum atomic E-state index is 13.4. The van der Waals surface area contributed by atoms with Crippen LogP contribution in [-0.4, -0.2) is 12.1 Å². The highest BCUT2D eigenvalue weighted by Gasteiger charge is 2.24. The van der Waals surface area contributed by atoms with E-state index in [4.69, 9.17) is 4.99 Å². The van der Waals surface area contributed by atoms with E-state index in [1.165, 1.54) is 40.8 Å². The van der Waals surface area contributed by atoms with E-state index in [0.717, 1.165) is 45.6 Å². The Balaban J connectivity index is 1.69. The third-order valence-electron chi connectivity index (χ3n) is 5.85. The number of carbonyl (C=O) groups excluding carboxylic acids is 1. The summed E-state index contributed by atoms with van der Waals surface area (Å²) in [5.74, 6) is -0.0516. The molecule has 1 aromatic heterocycles. The summed E-state index contributed by atoms with van der Waals surface area (Å²) < 4.78 is 1.04. The first-order valence-corrected chi connectivity index (χ1v) is 12.4. The van der Waals surface area contributed by atoms with Crippen LogP contribution in [0.3, 0.4) is 0 Å². The molecular weight excluding hydrogens is 468 g/mol. The van der Waals surface area contributed by atoms with Crippen molar-refractivity contribution in [3.05, 3.63) is 79.6 Å². The molecule has 3 nitrogen and oxygen atoms in total. The molecule has 0 bridgehead atoms. The van der Waals surface area contributed by atoms with Crippen molar-refractivity contribution in [2.75, 3.05) is 5.32 Å². The van der Waals surface area contributed by atoms with Crippen LogP contribution < -0.4 is 5.32 Å². The zero-order chi connectivity index (χ0) is 21.8. The van der Waals surface area contributed by atoms with Gasteiger partial charge >= 0.3 is 0 Å². The monoisotopic (exact) mass is 494 g/mol. The topological polar surface area (TPSA) is 41.5 Å². The largest absolute Gasteiger partial charge is 0.322 e. The molecule has 1 amide bonds. The standard InChI is InChI=1S/C26H27BrN2OS/c1-17-9-14-21(15-18(17)2)29-25(30)24-22-7-5-3-4-6-8-23(22)31-26(24)28-16-19-10-12-20(27)13-11-19/h9-16H,3-8H2,1-2H3,(H,29,30). The van der Waals surface area contributed by atoms with E-state index in [-0.39, 0.29) is 5.91 Å². The van der Waals surface area contributed by atoms with Crippen molar-refractivity contribution in [3.63, 3.8) is 0 Å². The molecule has 0 unspecified atom stereocenters. The second-order valence-corrected chi connectivity index (χ2v) is 10.2. The van der Waals surface area contributed by atoms with E-state index in [1.54, 1.807) is 11.3 Å². The molecule has 0 fully saturated rings. The van der Waals surface area contributed by atoms with Crippen LogP contribution in [0.2, 0.25) is 0 Å². The molecule has 1 aliphatic rings. The van der Waals surface area contributed by atoms with Crippen molar-refractivity contribution in [1.82, 2.24) is 0 Å². The molecule has 160 valence electrons. The van der Waals surface area contributed by atoms with Crippen LogP contribution in [0.4, 0.5) is 10.7 Å². The van der Waals surface area contributed by atoms with Crippen molar-refractivity contribution in [2.24, 2.45) is 4.99 Å². The number of hydrogen-bond acceptors (Lipinski definition) is 3. The Bertz CT molecular complexity index is 1120. The van der Waals surface area contributed by atoms with Gasteiger partial charge in [-0.1, -0.05) is 47.0 Å². The molecule has 3 aromatic rings. The Morgan fingerprint density at radius 2 is 1.74 bits per heavy atom. The van der Waals surface area contributed by atoms with E-state index in [2.05, 4.69) is 41.2 Å². The molecule has 0 aliphatic heterocycles. The molecule has 31 heavy (non-hydrogen) atoms. The number of aryl methyl sites for hydroxylation is 3. The molecule has 0 saturated heterocycles. The molecule has 4 rings (SSSR count). The minimum absolute atomic E-state index is 0.0516. The number of anilines is 1. The number of amides is 1. The molecule has 5 heteroatoms. The lowest BCUT2D eigenvalue weighted by molar-refractivity contribution is 0.102. The fourth-order valence-corrected chi connectivity index (χ4v) is 5.42. The van der Waals surface area contributed by atoms with Gasteiger partial charge in [-0.05, 0) is 86.1 Å². The van der Waals surface area contributed by atoms with Crippen LogP contribution in [0.25, 0.3) is 0 Å². The Morgan fingerprint density at radius 1 is 1.00 bits per heavy atom. The van der Waals surface area contributed by atoms with E-state index in [9.17, 15) is 4.79 Å². The van der Waals surface area contributed by atoms with Gasteiger partial charge in [-0.15, -0.1) is 11.3 Å². The van der Waals surface area contributed by atoms with Gasteiger partial charge in [0.1, 0.15) is 5.00 Å². The molecule has 1 aliphatic carbocycles. The van der Waals surface area contributed by atoms with Crippen LogP contribution in [-0.2, 0) is 12.8 Å². The molecule has 1 heterocycles. The minimum Gasteiger partial charge on any atom is -0.322 e. The SMILES string of the molecule is Cc1ccc(NC(=O)c2c(N=Cc3ccc(Br)cc3)sc3c2CCCCCC3)cc1C. The molecule has 0 saturated carbocycles. The highest BCUT2D eigenvalue weighted by Crippen LogP contribution is 2.39. The normalized spacial score (nSPS) is 14.2. The van der Waals surface area contributed by atoms with Crippen LogP contribution in [0.15, 0.2) is 51.9 Å². The summed E-state index contributed by atoms with van der Waals surface area (Å²) in [5.41, 5.74) is 6.21. The lowest BCUT2D eigenvalue weighted by Gasteiger charge is -2.12. The van der Waals surface area contributed by atoms with E-state index in [1.807, 2.05) is 42.6 Å². The van der Waals surface area contributed by atoms with Gasteiger partial charge in [0, 0.05) is 21.3 Å². The predicted octanol–water partition coefficient (Wildman–Crippen LogP) is 7.79. The zero-order valence-electron chi connectivity index (χ0n) is 18.0. The molecule has 0 atom stereocenters. The molecule has 0 spiro atoms. The maximum absolute atomic E-state index is 13.4. The van der Waals surface area contributed by atoms with Crippen molar-refractivity contribution in [3.8, 4) is 0 Å². The first kappa shape index (κ1) is 22.0. The predicted molar refractivity (Wildman–Crippen MR) is 135 cm³/mol. The molecular formula is C26H27BrN2OS. The van der Waals surface area contributed by atoms with Gasteiger partial charge in [-0.2, -0.15) is 0 Å². The Labute approximate surface area is 196 Å². The fourth-order valence-electron chi connectivity index (χ4n) is 3.92. The number of nitrogens with one attached hydrogen (secondary N) is 1. The number of aliphatic imine (C=N–C) groups is 1. The fraction of sp³-hybridized carbons (Fsp3) is 0.308. The smallest absolute Gasteiger partial charge is 0.259 e. The number of fused-ring (bicyclic) bond motifs is 1. The first-order chi connectivity index (χ1) is 15.0. The van der Waals surface area contributed by atoms with Gasteiger partial charge in [-0.25, -0.2) is 4.99 Å². The number of hydrogen-bond donors (Lipinski definition) is 1. The molecule has 2 aromatic carbocycles. The summed E-state index contributed by atoms with van der Waals surface area (Å²) in [7, 11) is 0. The summed E-state index contributed by atoms with van der Waals surface area (Å²) in [4.78, 5) is 19.5. The lowest BCUT2D eigenvalue weighted by atomic mass is 9.96. The summed E-state index contributed by atoms with van der Waals surface area (Å²) in [6, 6.07) is 14.1. The highest BCUT2D eigenvalue weighted by molar-refractivity contribution is 9.10. The van der Waals surface area contributed by atoms with Crippen molar-refractivity contribution in [2.45, 2.75) is 52.4 Å². The van der Waals surface area contributed by atoms with Gasteiger partial charge in [0.15, 0.2) is 0 Å². The third kappa shape index (κ3) is 5.34. The maximum Gasteiger partial charge on any atom is 0.259 e. The highest BCUT2D eigenvalue weighted by atomic mass is 79.9. The summed E-state index contributed by atoms with van der Waals surface area (Å²) in [6.45, 7) is 4.15. The number of carbonyl (C=O) groups is 1. The first-order valence-electron chi connectivity index (χ1n) is 10.8. The van der Waals surface area contributed by atoms with E-state index >= 15 is 0 Å². The minimum atomic E-state index is -0.0516. The molecule has 1 N–H and O–H groups in total. The van der Waals surface area contributed by atoms with Crippen LogP contribution in [0.5, 0.6) is 0 Å². The third-order valence-corrected chi connectivity index (χ3v) is 7.57. The number of halogens is 1. The van der Waals surface area contributed by atoms with Gasteiger partial charge in [0.05, 0.1) is 5.56 Å².